The van der Waals surface area contributed by atoms with Gasteiger partial charge >= 0.3 is 0 Å². The number of benzene rings is 2. The van der Waals surface area contributed by atoms with Crippen LogP contribution in [0, 0.1) is 13.8 Å². The van der Waals surface area contributed by atoms with Crippen molar-refractivity contribution in [2.75, 3.05) is 13.2 Å². The molecule has 24 heavy (non-hydrogen) atoms. The molecule has 2 aromatic rings. The summed E-state index contributed by atoms with van der Waals surface area (Å²) >= 11 is 0. The zero-order valence-electron chi connectivity index (χ0n) is 14.5. The van der Waals surface area contributed by atoms with E-state index < -0.39 is 6.10 Å². The summed E-state index contributed by atoms with van der Waals surface area (Å²) in [6, 6.07) is 15.5. The van der Waals surface area contributed by atoms with Gasteiger partial charge in [-0.3, -0.25) is 4.79 Å². The van der Waals surface area contributed by atoms with Crippen molar-refractivity contribution in [3.05, 3.63) is 59.7 Å². The summed E-state index contributed by atoms with van der Waals surface area (Å²) < 4.78 is 11.4. The molecule has 0 bridgehead atoms. The molecule has 0 fully saturated rings. The summed E-state index contributed by atoms with van der Waals surface area (Å²) in [6.45, 7) is 6.84. The Morgan fingerprint density at radius 2 is 1.79 bits per heavy atom. The first-order valence-corrected chi connectivity index (χ1v) is 8.29. The van der Waals surface area contributed by atoms with Gasteiger partial charge in [0.1, 0.15) is 18.1 Å². The van der Waals surface area contributed by atoms with Crippen LogP contribution >= 0.6 is 0 Å². The lowest BCUT2D eigenvalue weighted by atomic mass is 10.2. The predicted molar refractivity (Wildman–Crippen MR) is 95.6 cm³/mol. The van der Waals surface area contributed by atoms with E-state index in [0.717, 1.165) is 16.9 Å². The average molecular weight is 327 g/mol. The van der Waals surface area contributed by atoms with Crippen molar-refractivity contribution in [1.82, 2.24) is 5.32 Å². The third kappa shape index (κ3) is 5.61. The molecule has 2 rings (SSSR count). The SMILES string of the molecule is CCC(Oc1ccc(C)cc1)C(=O)NCCOc1cccc(C)c1. The van der Waals surface area contributed by atoms with Crippen molar-refractivity contribution in [3.63, 3.8) is 0 Å². The van der Waals surface area contributed by atoms with Crippen molar-refractivity contribution in [1.29, 1.82) is 0 Å². The van der Waals surface area contributed by atoms with Crippen LogP contribution in [0.15, 0.2) is 48.5 Å². The fourth-order valence-corrected chi connectivity index (χ4v) is 2.27. The lowest BCUT2D eigenvalue weighted by Crippen LogP contribution is -2.39. The van der Waals surface area contributed by atoms with Gasteiger partial charge in [-0.15, -0.1) is 0 Å². The Kier molecular flexibility index (Phi) is 6.67. The van der Waals surface area contributed by atoms with Crippen LogP contribution in [0.1, 0.15) is 24.5 Å². The lowest BCUT2D eigenvalue weighted by molar-refractivity contribution is -0.128. The number of aryl methyl sites for hydroxylation is 2. The Hall–Kier alpha value is -2.49. The van der Waals surface area contributed by atoms with E-state index in [1.165, 1.54) is 0 Å². The van der Waals surface area contributed by atoms with E-state index >= 15 is 0 Å². The van der Waals surface area contributed by atoms with Gasteiger partial charge in [0, 0.05) is 0 Å². The van der Waals surface area contributed by atoms with E-state index in [-0.39, 0.29) is 5.91 Å². The number of amides is 1. The molecule has 1 atom stereocenters. The molecular formula is C20H25NO3. The number of carbonyl (C=O) groups excluding carboxylic acids is 1. The number of hydrogen-bond acceptors (Lipinski definition) is 3. The highest BCUT2D eigenvalue weighted by Crippen LogP contribution is 2.15. The normalized spacial score (nSPS) is 11.6. The molecule has 1 unspecified atom stereocenters. The largest absolute Gasteiger partial charge is 0.492 e. The maximum Gasteiger partial charge on any atom is 0.261 e. The van der Waals surface area contributed by atoms with Gasteiger partial charge in [0.25, 0.3) is 5.91 Å². The smallest absolute Gasteiger partial charge is 0.261 e. The van der Waals surface area contributed by atoms with Gasteiger partial charge in [0.05, 0.1) is 6.54 Å². The molecule has 0 aliphatic carbocycles. The number of ether oxygens (including phenoxy) is 2. The van der Waals surface area contributed by atoms with Gasteiger partial charge in [-0.1, -0.05) is 36.8 Å². The molecule has 128 valence electrons. The van der Waals surface area contributed by atoms with Crippen LogP contribution in [-0.2, 0) is 4.79 Å². The van der Waals surface area contributed by atoms with E-state index in [9.17, 15) is 4.79 Å². The fourth-order valence-electron chi connectivity index (χ4n) is 2.27. The predicted octanol–water partition coefficient (Wildman–Crippen LogP) is 3.66. The molecule has 0 saturated carbocycles. The topological polar surface area (TPSA) is 47.6 Å². The van der Waals surface area contributed by atoms with Gasteiger partial charge in [0.15, 0.2) is 6.10 Å². The van der Waals surface area contributed by atoms with Crippen LogP contribution in [0.5, 0.6) is 11.5 Å². The van der Waals surface area contributed by atoms with Crippen LogP contribution in [-0.4, -0.2) is 25.2 Å². The second-order valence-electron chi connectivity index (χ2n) is 5.78. The minimum absolute atomic E-state index is 0.120. The van der Waals surface area contributed by atoms with Gasteiger partial charge in [0.2, 0.25) is 0 Å². The maximum atomic E-state index is 12.2. The molecule has 0 heterocycles. The summed E-state index contributed by atoms with van der Waals surface area (Å²) in [4.78, 5) is 12.2. The average Bonchev–Trinajstić information content (AvgIpc) is 2.58. The first-order chi connectivity index (χ1) is 11.6. The summed E-state index contributed by atoms with van der Waals surface area (Å²) in [5.74, 6) is 1.40. The monoisotopic (exact) mass is 327 g/mol. The Morgan fingerprint density at radius 3 is 2.46 bits per heavy atom. The fraction of sp³-hybridized carbons (Fsp3) is 0.350. The summed E-state index contributed by atoms with van der Waals surface area (Å²) in [6.07, 6.45) is 0.116. The molecule has 4 heteroatoms. The van der Waals surface area contributed by atoms with Crippen LogP contribution in [0.2, 0.25) is 0 Å². The zero-order valence-corrected chi connectivity index (χ0v) is 14.5. The zero-order chi connectivity index (χ0) is 17.4. The van der Waals surface area contributed by atoms with Crippen molar-refractivity contribution < 1.29 is 14.3 Å². The molecule has 1 amide bonds. The standard InChI is InChI=1S/C20H25NO3/c1-4-19(24-17-10-8-15(2)9-11-17)20(22)21-12-13-23-18-7-5-6-16(3)14-18/h5-11,14,19H,4,12-13H2,1-3H3,(H,21,22). The molecule has 0 aliphatic heterocycles. The molecule has 1 N–H and O–H groups in total. The van der Waals surface area contributed by atoms with Gasteiger partial charge in [-0.2, -0.15) is 0 Å². The Labute approximate surface area is 143 Å². The molecular weight excluding hydrogens is 302 g/mol. The van der Waals surface area contributed by atoms with Crippen molar-refractivity contribution >= 4 is 5.91 Å². The Bertz CT molecular complexity index is 652. The Morgan fingerprint density at radius 1 is 1.04 bits per heavy atom. The van der Waals surface area contributed by atoms with Crippen LogP contribution in [0.3, 0.4) is 0 Å². The highest BCUT2D eigenvalue weighted by atomic mass is 16.5. The first-order valence-electron chi connectivity index (χ1n) is 8.29. The second kappa shape index (κ2) is 8.96. The highest BCUT2D eigenvalue weighted by molar-refractivity contribution is 5.81. The van der Waals surface area contributed by atoms with Gasteiger partial charge < -0.3 is 14.8 Å². The number of rotatable bonds is 8. The van der Waals surface area contributed by atoms with Crippen LogP contribution in [0.4, 0.5) is 0 Å². The number of nitrogens with one attached hydrogen (secondary N) is 1. The second-order valence-corrected chi connectivity index (χ2v) is 5.78. The molecule has 0 saturated heterocycles. The molecule has 2 aromatic carbocycles. The summed E-state index contributed by atoms with van der Waals surface area (Å²) in [5, 5.41) is 2.86. The van der Waals surface area contributed by atoms with Crippen molar-refractivity contribution in [2.24, 2.45) is 0 Å². The van der Waals surface area contributed by atoms with Crippen LogP contribution < -0.4 is 14.8 Å². The van der Waals surface area contributed by atoms with Gasteiger partial charge in [-0.05, 0) is 50.1 Å². The first kappa shape index (κ1) is 17.9. The lowest BCUT2D eigenvalue weighted by Gasteiger charge is -2.17. The van der Waals surface area contributed by atoms with E-state index in [0.29, 0.717) is 25.3 Å². The quantitative estimate of drug-likeness (QED) is 0.753. The summed E-state index contributed by atoms with van der Waals surface area (Å²) in [5.41, 5.74) is 2.31. The summed E-state index contributed by atoms with van der Waals surface area (Å²) in [7, 11) is 0. The third-order valence-electron chi connectivity index (χ3n) is 3.62. The minimum Gasteiger partial charge on any atom is -0.492 e. The maximum absolute atomic E-state index is 12.2. The molecule has 0 aliphatic rings. The number of carbonyl (C=O) groups is 1. The minimum atomic E-state index is -0.494. The van der Waals surface area contributed by atoms with E-state index in [4.69, 9.17) is 9.47 Å². The van der Waals surface area contributed by atoms with E-state index in [1.54, 1.807) is 0 Å². The molecule has 4 nitrogen and oxygen atoms in total. The van der Waals surface area contributed by atoms with Gasteiger partial charge in [-0.25, -0.2) is 0 Å². The number of hydrogen-bond donors (Lipinski definition) is 1. The highest BCUT2D eigenvalue weighted by Gasteiger charge is 2.17. The molecule has 0 spiro atoms. The van der Waals surface area contributed by atoms with Crippen molar-refractivity contribution in [3.8, 4) is 11.5 Å². The third-order valence-corrected chi connectivity index (χ3v) is 3.62. The van der Waals surface area contributed by atoms with E-state index in [2.05, 4.69) is 5.32 Å². The molecule has 0 radical (unpaired) electrons. The molecule has 0 aromatic heterocycles. The van der Waals surface area contributed by atoms with Crippen molar-refractivity contribution in [2.45, 2.75) is 33.3 Å². The Balaban J connectivity index is 1.76. The van der Waals surface area contributed by atoms with Crippen LogP contribution in [0.25, 0.3) is 0 Å². The van der Waals surface area contributed by atoms with E-state index in [1.807, 2.05) is 69.3 Å².